The Balaban J connectivity index is 1.74. The summed E-state index contributed by atoms with van der Waals surface area (Å²) in [6.07, 6.45) is 1.49. The molecule has 0 atom stereocenters. The van der Waals surface area contributed by atoms with Crippen LogP contribution in [-0.4, -0.2) is 31.2 Å². The van der Waals surface area contributed by atoms with Gasteiger partial charge in [0, 0.05) is 12.1 Å². The van der Waals surface area contributed by atoms with Crippen molar-refractivity contribution in [2.24, 2.45) is 0 Å². The Morgan fingerprint density at radius 2 is 1.74 bits per heavy atom. The molecule has 0 unspecified atom stereocenters. The molecule has 0 amide bonds. The van der Waals surface area contributed by atoms with Crippen molar-refractivity contribution in [1.82, 2.24) is 9.97 Å². The second kappa shape index (κ2) is 10.8. The molecule has 11 nitrogen and oxygen atoms in total. The molecule has 3 rings (SSSR count). The molecule has 0 aliphatic rings. The number of ether oxygens (including phenoxy) is 1. The number of nitrogens with zero attached hydrogens (tertiary/aromatic N) is 4. The second-order valence-electron chi connectivity index (χ2n) is 6.76. The monoisotopic (exact) mass is 548 g/mol. The van der Waals surface area contributed by atoms with E-state index in [2.05, 4.69) is 9.97 Å². The van der Waals surface area contributed by atoms with Gasteiger partial charge in [-0.1, -0.05) is 46.9 Å². The van der Waals surface area contributed by atoms with Crippen LogP contribution in [-0.2, 0) is 15.6 Å². The number of aryl methyl sites for hydroxylation is 1. The molecule has 3 aromatic rings. The van der Waals surface area contributed by atoms with Gasteiger partial charge in [-0.05, 0) is 31.0 Å². The maximum atomic E-state index is 11.4. The highest BCUT2D eigenvalue weighted by Gasteiger charge is 2.25. The minimum atomic E-state index is -4.89. The number of non-ortho nitro benzene ring substituents is 1. The summed E-state index contributed by atoms with van der Waals surface area (Å²) >= 11 is 18.3. The first kappa shape index (κ1) is 26.1. The zero-order valence-electron chi connectivity index (χ0n) is 17.3. The van der Waals surface area contributed by atoms with Gasteiger partial charge in [0.05, 0.1) is 27.2 Å². The molecule has 0 saturated heterocycles. The second-order valence-corrected chi connectivity index (χ2v) is 9.10. The molecule has 2 aromatic carbocycles. The average molecular weight is 550 g/mol. The van der Waals surface area contributed by atoms with Crippen molar-refractivity contribution in [2.45, 2.75) is 13.3 Å². The molecule has 0 radical (unpaired) electrons. The molecule has 0 fully saturated rings. The number of phosphoric acid groups is 1. The largest absolute Gasteiger partial charge is 0.491 e. The Hall–Kier alpha value is -2.50. The highest BCUT2D eigenvalue weighted by atomic mass is 35.5. The first-order chi connectivity index (χ1) is 15.9. The van der Waals surface area contributed by atoms with E-state index in [0.29, 0.717) is 17.9 Å². The Morgan fingerprint density at radius 3 is 2.29 bits per heavy atom. The highest BCUT2D eigenvalue weighted by Crippen LogP contribution is 2.41. The third kappa shape index (κ3) is 6.77. The van der Waals surface area contributed by atoms with E-state index in [9.17, 15) is 24.5 Å². The third-order valence-electron chi connectivity index (χ3n) is 4.33. The molecule has 0 aliphatic heterocycles. The molecule has 1 aromatic heterocycles. The zero-order valence-corrected chi connectivity index (χ0v) is 20.4. The summed E-state index contributed by atoms with van der Waals surface area (Å²) in [5.74, 6) is 0.441. The number of halogens is 3. The minimum Gasteiger partial charge on any atom is -0.454 e. The fraction of sp³-hybridized carbons (Fsp3) is 0.158. The van der Waals surface area contributed by atoms with E-state index in [-0.39, 0.29) is 38.9 Å². The van der Waals surface area contributed by atoms with Crippen LogP contribution in [0.5, 0.6) is 11.5 Å². The van der Waals surface area contributed by atoms with E-state index in [0.717, 1.165) is 22.8 Å². The van der Waals surface area contributed by atoms with Crippen molar-refractivity contribution in [3.63, 3.8) is 0 Å². The van der Waals surface area contributed by atoms with E-state index in [1.807, 2.05) is 0 Å². The fourth-order valence-electron chi connectivity index (χ4n) is 2.76. The molecule has 15 heteroatoms. The predicted molar refractivity (Wildman–Crippen MR) is 126 cm³/mol. The van der Waals surface area contributed by atoms with Crippen molar-refractivity contribution >= 4 is 54.1 Å². The van der Waals surface area contributed by atoms with E-state index in [1.54, 1.807) is 31.2 Å². The van der Waals surface area contributed by atoms with Gasteiger partial charge in [0.25, 0.3) is 5.69 Å². The highest BCUT2D eigenvalue weighted by molar-refractivity contribution is 7.46. The molecule has 34 heavy (non-hydrogen) atoms. The lowest BCUT2D eigenvalue weighted by molar-refractivity contribution is -0.384. The first-order valence-corrected chi connectivity index (χ1v) is 12.0. The lowest BCUT2D eigenvalue weighted by Crippen LogP contribution is -2.26. The standard InChI is InChI=1S/C19H16Cl3N4O7P/c1-11-17(22)19(24-10-23-11)25(33-34(29,30)31)7-6-12-2-4-14(5-3-12)32-18-15(20)8-13(26(27)28)9-16(18)21/h2-5,8-10H,6-7H2,1H3,(H2,29,30,31). The zero-order chi connectivity index (χ0) is 25.0. The molecule has 0 spiro atoms. The third-order valence-corrected chi connectivity index (χ3v) is 5.74. The van der Waals surface area contributed by atoms with Crippen LogP contribution in [0.1, 0.15) is 11.3 Å². The van der Waals surface area contributed by atoms with Crippen LogP contribution >= 0.6 is 42.6 Å². The van der Waals surface area contributed by atoms with Gasteiger partial charge in [-0.2, -0.15) is 4.62 Å². The Kier molecular flexibility index (Phi) is 8.32. The molecule has 0 bridgehead atoms. The smallest absolute Gasteiger partial charge is 0.454 e. The summed E-state index contributed by atoms with van der Waals surface area (Å²) in [5.41, 5.74) is 0.907. The van der Waals surface area contributed by atoms with Crippen LogP contribution in [0.25, 0.3) is 0 Å². The molecule has 0 saturated carbocycles. The van der Waals surface area contributed by atoms with Gasteiger partial charge in [0.1, 0.15) is 17.1 Å². The molecule has 1 heterocycles. The summed E-state index contributed by atoms with van der Waals surface area (Å²) in [6, 6.07) is 8.88. The number of benzene rings is 2. The number of hydrogen-bond donors (Lipinski definition) is 2. The van der Waals surface area contributed by atoms with Crippen LogP contribution in [0.15, 0.2) is 42.7 Å². The lowest BCUT2D eigenvalue weighted by Gasteiger charge is -2.23. The first-order valence-electron chi connectivity index (χ1n) is 9.34. The van der Waals surface area contributed by atoms with Crippen molar-refractivity contribution in [3.8, 4) is 11.5 Å². The van der Waals surface area contributed by atoms with Crippen LogP contribution < -0.4 is 9.80 Å². The summed E-state index contributed by atoms with van der Waals surface area (Å²) < 4.78 is 21.8. The van der Waals surface area contributed by atoms with Crippen molar-refractivity contribution < 1.29 is 28.6 Å². The number of hydroxylamine groups is 1. The van der Waals surface area contributed by atoms with Gasteiger partial charge in [0.2, 0.25) is 0 Å². The van der Waals surface area contributed by atoms with E-state index in [4.69, 9.17) is 44.2 Å². The summed E-state index contributed by atoms with van der Waals surface area (Å²) in [6.45, 7) is 1.62. The normalized spacial score (nSPS) is 11.4. The van der Waals surface area contributed by atoms with Crippen molar-refractivity contribution in [2.75, 3.05) is 11.6 Å². The van der Waals surface area contributed by atoms with Crippen LogP contribution in [0, 0.1) is 17.0 Å². The molecular formula is C19H16Cl3N4O7P. The van der Waals surface area contributed by atoms with Crippen molar-refractivity contribution in [3.05, 3.63) is 79.2 Å². The number of rotatable bonds is 9. The Morgan fingerprint density at radius 1 is 1.12 bits per heavy atom. The SMILES string of the molecule is Cc1ncnc(N(CCc2ccc(Oc3c(Cl)cc([N+](=O)[O-])cc3Cl)cc2)OP(=O)(O)O)c1Cl. The predicted octanol–water partition coefficient (Wildman–Crippen LogP) is 5.52. The fourth-order valence-corrected chi connectivity index (χ4v) is 3.92. The number of nitro benzene ring substituents is 1. The maximum Gasteiger partial charge on any atom is 0.491 e. The molecule has 0 aliphatic carbocycles. The Bertz CT molecular complexity index is 1230. The van der Waals surface area contributed by atoms with Gasteiger partial charge >= 0.3 is 7.82 Å². The van der Waals surface area contributed by atoms with E-state index >= 15 is 0 Å². The van der Waals surface area contributed by atoms with E-state index in [1.165, 1.54) is 6.33 Å². The average Bonchev–Trinajstić information content (AvgIpc) is 2.75. The summed E-state index contributed by atoms with van der Waals surface area (Å²) in [4.78, 5) is 36.7. The van der Waals surface area contributed by atoms with Gasteiger partial charge in [-0.25, -0.2) is 19.6 Å². The molecule has 180 valence electrons. The van der Waals surface area contributed by atoms with Crippen molar-refractivity contribution in [1.29, 1.82) is 0 Å². The number of nitro groups is 1. The lowest BCUT2D eigenvalue weighted by atomic mass is 10.1. The van der Waals surface area contributed by atoms with E-state index < -0.39 is 12.7 Å². The van der Waals surface area contributed by atoms with Crippen LogP contribution in [0.3, 0.4) is 0 Å². The van der Waals surface area contributed by atoms with Gasteiger partial charge in [-0.15, -0.1) is 0 Å². The van der Waals surface area contributed by atoms with Crippen LogP contribution in [0.4, 0.5) is 11.5 Å². The quantitative estimate of drug-likeness (QED) is 0.198. The summed E-state index contributed by atoms with van der Waals surface area (Å²) in [7, 11) is -4.89. The van der Waals surface area contributed by atoms with Gasteiger partial charge in [0.15, 0.2) is 11.6 Å². The number of anilines is 1. The number of hydrogen-bond acceptors (Lipinski definition) is 8. The van der Waals surface area contributed by atoms with Gasteiger partial charge in [-0.3, -0.25) is 10.1 Å². The Labute approximate surface area is 208 Å². The molecule has 2 N–H and O–H groups in total. The molecular weight excluding hydrogens is 534 g/mol. The van der Waals surface area contributed by atoms with Gasteiger partial charge < -0.3 is 14.5 Å². The summed E-state index contributed by atoms with van der Waals surface area (Å²) in [5, 5.41) is 11.9. The maximum absolute atomic E-state index is 11.4. The van der Waals surface area contributed by atoms with Crippen LogP contribution in [0.2, 0.25) is 15.1 Å². The topological polar surface area (TPSA) is 148 Å². The number of aromatic nitrogens is 2. The minimum absolute atomic E-state index is 0.00148.